The van der Waals surface area contributed by atoms with Crippen LogP contribution >= 0.6 is 0 Å². The first-order valence-corrected chi connectivity index (χ1v) is 7.48. The molecule has 18 heavy (non-hydrogen) atoms. The molecule has 4 aliphatic carbocycles. The van der Waals surface area contributed by atoms with Gasteiger partial charge in [-0.2, -0.15) is 0 Å². The summed E-state index contributed by atoms with van der Waals surface area (Å²) in [4.78, 5) is 0. The highest BCUT2D eigenvalue weighted by Crippen LogP contribution is 2.55. The first kappa shape index (κ1) is 10.8. The molecule has 0 bridgehead atoms. The number of hydrogen-bond donors (Lipinski definition) is 0. The highest BCUT2D eigenvalue weighted by molar-refractivity contribution is 5.46. The van der Waals surface area contributed by atoms with Crippen molar-refractivity contribution < 1.29 is 0 Å². The molecule has 0 aliphatic heterocycles. The lowest BCUT2D eigenvalue weighted by molar-refractivity contribution is 0.132. The normalized spacial score (nSPS) is 41.2. The lowest BCUT2D eigenvalue weighted by Gasteiger charge is -2.50. The molecule has 4 atom stereocenters. The van der Waals surface area contributed by atoms with Crippen LogP contribution in [0, 0.1) is 23.7 Å². The van der Waals surface area contributed by atoms with Crippen LogP contribution in [0.4, 0.5) is 0 Å². The van der Waals surface area contributed by atoms with Gasteiger partial charge < -0.3 is 0 Å². The van der Waals surface area contributed by atoms with Crippen molar-refractivity contribution >= 4 is 0 Å². The van der Waals surface area contributed by atoms with Crippen molar-refractivity contribution in [3.05, 3.63) is 46.6 Å². The monoisotopic (exact) mass is 238 g/mol. The van der Waals surface area contributed by atoms with Crippen LogP contribution in [0.2, 0.25) is 0 Å². The SMILES string of the molecule is CC1=CC2=CC=C3C=C(C)CC4CCC(C1)C2C34. The third-order valence-electron chi connectivity index (χ3n) is 5.54. The minimum absolute atomic E-state index is 0.844. The summed E-state index contributed by atoms with van der Waals surface area (Å²) in [6.07, 6.45) is 15.4. The van der Waals surface area contributed by atoms with E-state index in [1.54, 1.807) is 22.3 Å². The molecule has 0 heteroatoms. The molecule has 0 radical (unpaired) electrons. The minimum Gasteiger partial charge on any atom is -0.0727 e. The van der Waals surface area contributed by atoms with Crippen molar-refractivity contribution in [2.45, 2.75) is 39.5 Å². The second kappa shape index (κ2) is 3.73. The van der Waals surface area contributed by atoms with E-state index in [1.807, 2.05) is 0 Å². The molecule has 4 aliphatic rings. The quantitative estimate of drug-likeness (QED) is 0.568. The van der Waals surface area contributed by atoms with Crippen LogP contribution in [-0.4, -0.2) is 0 Å². The summed E-state index contributed by atoms with van der Waals surface area (Å²) in [5.74, 6) is 3.55. The molecule has 1 fully saturated rings. The van der Waals surface area contributed by atoms with Gasteiger partial charge in [0.15, 0.2) is 0 Å². The van der Waals surface area contributed by atoms with Gasteiger partial charge in [0.2, 0.25) is 0 Å². The Morgan fingerprint density at radius 2 is 1.22 bits per heavy atom. The zero-order valence-corrected chi connectivity index (χ0v) is 11.4. The Labute approximate surface area is 110 Å². The Morgan fingerprint density at radius 1 is 0.778 bits per heavy atom. The average Bonchev–Trinajstić information content (AvgIpc) is 2.34. The number of allylic oxidation sites excluding steroid dienone is 8. The predicted molar refractivity (Wildman–Crippen MR) is 76.1 cm³/mol. The fourth-order valence-corrected chi connectivity index (χ4v) is 5.01. The van der Waals surface area contributed by atoms with E-state index in [4.69, 9.17) is 0 Å². The van der Waals surface area contributed by atoms with Gasteiger partial charge in [-0.25, -0.2) is 0 Å². The molecule has 4 unspecified atom stereocenters. The lowest BCUT2D eigenvalue weighted by atomic mass is 9.54. The molecular weight excluding hydrogens is 216 g/mol. The van der Waals surface area contributed by atoms with Gasteiger partial charge in [0.25, 0.3) is 0 Å². The summed E-state index contributed by atoms with van der Waals surface area (Å²) in [6.45, 7) is 4.63. The van der Waals surface area contributed by atoms with Gasteiger partial charge in [0, 0.05) is 0 Å². The van der Waals surface area contributed by atoms with Gasteiger partial charge in [-0.05, 0) is 74.3 Å². The molecule has 4 rings (SSSR count). The highest BCUT2D eigenvalue weighted by Gasteiger charge is 2.45. The Kier molecular flexibility index (Phi) is 2.24. The van der Waals surface area contributed by atoms with Crippen LogP contribution in [0.15, 0.2) is 46.6 Å². The van der Waals surface area contributed by atoms with E-state index in [0.717, 1.165) is 23.7 Å². The second-order valence-corrected chi connectivity index (χ2v) is 6.87. The second-order valence-electron chi connectivity index (χ2n) is 6.87. The Hall–Kier alpha value is -1.04. The summed E-state index contributed by atoms with van der Waals surface area (Å²) in [6, 6.07) is 0. The summed E-state index contributed by atoms with van der Waals surface area (Å²) >= 11 is 0. The molecule has 0 nitrogen and oxygen atoms in total. The Balaban J connectivity index is 1.85. The van der Waals surface area contributed by atoms with E-state index >= 15 is 0 Å². The zero-order valence-electron chi connectivity index (χ0n) is 11.4. The molecule has 0 amide bonds. The van der Waals surface area contributed by atoms with E-state index in [0.29, 0.717) is 0 Å². The van der Waals surface area contributed by atoms with Crippen molar-refractivity contribution in [1.82, 2.24) is 0 Å². The van der Waals surface area contributed by atoms with Crippen LogP contribution in [0.25, 0.3) is 0 Å². The van der Waals surface area contributed by atoms with Crippen molar-refractivity contribution in [2.24, 2.45) is 23.7 Å². The standard InChI is InChI=1S/C18H22/c1-11-7-13-3-5-15-9-12(2)10-16-6-4-14(8-11)17(13)18(15)16/h3,5,7,9,14,16-18H,4,6,8,10H2,1-2H3. The number of hydrogen-bond acceptors (Lipinski definition) is 0. The molecule has 0 aromatic carbocycles. The van der Waals surface area contributed by atoms with E-state index < -0.39 is 0 Å². The predicted octanol–water partition coefficient (Wildman–Crippen LogP) is 4.81. The van der Waals surface area contributed by atoms with E-state index in [-0.39, 0.29) is 0 Å². The van der Waals surface area contributed by atoms with Gasteiger partial charge in [-0.1, -0.05) is 35.5 Å². The Morgan fingerprint density at radius 3 is 1.67 bits per heavy atom. The summed E-state index contributed by atoms with van der Waals surface area (Å²) < 4.78 is 0. The van der Waals surface area contributed by atoms with Crippen LogP contribution in [0.5, 0.6) is 0 Å². The fourth-order valence-electron chi connectivity index (χ4n) is 5.01. The lowest BCUT2D eigenvalue weighted by Crippen LogP contribution is -2.40. The van der Waals surface area contributed by atoms with Gasteiger partial charge in [0.05, 0.1) is 0 Å². The maximum Gasteiger partial charge on any atom is -0.00589 e. The molecule has 0 saturated heterocycles. The maximum atomic E-state index is 2.47. The maximum absolute atomic E-state index is 2.47. The third kappa shape index (κ3) is 1.44. The van der Waals surface area contributed by atoms with Crippen LogP contribution in [0.1, 0.15) is 39.5 Å². The fraction of sp³-hybridized carbons (Fsp3) is 0.556. The molecular formula is C18H22. The first-order chi connectivity index (χ1) is 8.72. The third-order valence-corrected chi connectivity index (χ3v) is 5.54. The van der Waals surface area contributed by atoms with Gasteiger partial charge >= 0.3 is 0 Å². The van der Waals surface area contributed by atoms with E-state index in [2.05, 4.69) is 38.2 Å². The van der Waals surface area contributed by atoms with Crippen LogP contribution < -0.4 is 0 Å². The molecule has 0 spiro atoms. The smallest absolute Gasteiger partial charge is 0.00589 e. The largest absolute Gasteiger partial charge is 0.0727 e. The van der Waals surface area contributed by atoms with Crippen molar-refractivity contribution in [2.75, 3.05) is 0 Å². The molecule has 0 heterocycles. The summed E-state index contributed by atoms with van der Waals surface area (Å²) in [5, 5.41) is 0. The van der Waals surface area contributed by atoms with Gasteiger partial charge in [0.1, 0.15) is 0 Å². The van der Waals surface area contributed by atoms with Gasteiger partial charge in [-0.15, -0.1) is 0 Å². The molecule has 1 saturated carbocycles. The molecule has 0 N–H and O–H groups in total. The van der Waals surface area contributed by atoms with E-state index in [1.165, 1.54) is 25.7 Å². The van der Waals surface area contributed by atoms with Gasteiger partial charge in [-0.3, -0.25) is 0 Å². The molecule has 0 aromatic rings. The first-order valence-electron chi connectivity index (χ1n) is 7.48. The molecule has 0 aromatic heterocycles. The van der Waals surface area contributed by atoms with Crippen molar-refractivity contribution in [1.29, 1.82) is 0 Å². The Bertz CT molecular complexity index is 464. The average molecular weight is 238 g/mol. The number of rotatable bonds is 0. The van der Waals surface area contributed by atoms with E-state index in [9.17, 15) is 0 Å². The van der Waals surface area contributed by atoms with Crippen molar-refractivity contribution in [3.63, 3.8) is 0 Å². The van der Waals surface area contributed by atoms with Crippen LogP contribution in [-0.2, 0) is 0 Å². The minimum atomic E-state index is 0.844. The molecule has 94 valence electrons. The summed E-state index contributed by atoms with van der Waals surface area (Å²) in [5.41, 5.74) is 6.46. The zero-order chi connectivity index (χ0) is 12.3. The van der Waals surface area contributed by atoms with Crippen molar-refractivity contribution in [3.8, 4) is 0 Å². The van der Waals surface area contributed by atoms with Crippen LogP contribution in [0.3, 0.4) is 0 Å². The summed E-state index contributed by atoms with van der Waals surface area (Å²) in [7, 11) is 0. The highest BCUT2D eigenvalue weighted by atomic mass is 14.5. The topological polar surface area (TPSA) is 0 Å².